The SMILES string of the molecule is CCCCCNC(=O)C(C)N1CCC(=O)CC1. The summed E-state index contributed by atoms with van der Waals surface area (Å²) in [6.07, 6.45) is 4.56. The van der Waals surface area contributed by atoms with E-state index in [1.54, 1.807) is 0 Å². The minimum atomic E-state index is -0.107. The van der Waals surface area contributed by atoms with Crippen LogP contribution >= 0.6 is 0 Å². The van der Waals surface area contributed by atoms with Crippen LogP contribution in [0.1, 0.15) is 46.0 Å². The fourth-order valence-corrected chi connectivity index (χ4v) is 2.06. The van der Waals surface area contributed by atoms with E-state index in [0.29, 0.717) is 18.6 Å². The number of carbonyl (C=O) groups is 2. The maximum Gasteiger partial charge on any atom is 0.237 e. The minimum absolute atomic E-state index is 0.0930. The van der Waals surface area contributed by atoms with Crippen molar-refractivity contribution in [1.29, 1.82) is 0 Å². The van der Waals surface area contributed by atoms with Crippen LogP contribution in [0.15, 0.2) is 0 Å². The first-order valence-electron chi connectivity index (χ1n) is 6.68. The molecule has 1 aliphatic rings. The Morgan fingerprint density at radius 2 is 2.00 bits per heavy atom. The van der Waals surface area contributed by atoms with E-state index in [1.165, 1.54) is 6.42 Å². The molecule has 0 spiro atoms. The second kappa shape index (κ2) is 7.43. The number of Topliss-reactive ketones (excluding diaryl/α,β-unsaturated/α-hetero) is 1. The largest absolute Gasteiger partial charge is 0.355 e. The Balaban J connectivity index is 2.23. The van der Waals surface area contributed by atoms with Crippen LogP contribution in [0.4, 0.5) is 0 Å². The van der Waals surface area contributed by atoms with Crippen molar-refractivity contribution in [2.45, 2.75) is 52.0 Å². The van der Waals surface area contributed by atoms with E-state index in [-0.39, 0.29) is 11.9 Å². The van der Waals surface area contributed by atoms with E-state index in [0.717, 1.165) is 32.5 Å². The number of hydrogen-bond acceptors (Lipinski definition) is 3. The second-order valence-corrected chi connectivity index (χ2v) is 4.75. The molecule has 0 radical (unpaired) electrons. The molecule has 0 aromatic rings. The van der Waals surface area contributed by atoms with Crippen LogP contribution in [0, 0.1) is 0 Å². The molecule has 0 aromatic carbocycles. The maximum atomic E-state index is 11.8. The molecule has 4 heteroatoms. The van der Waals surface area contributed by atoms with Crippen LogP contribution in [0.3, 0.4) is 0 Å². The zero-order valence-corrected chi connectivity index (χ0v) is 11.0. The van der Waals surface area contributed by atoms with Crippen molar-refractivity contribution in [3.05, 3.63) is 0 Å². The van der Waals surface area contributed by atoms with Crippen LogP contribution in [-0.2, 0) is 9.59 Å². The molecule has 1 saturated heterocycles. The zero-order chi connectivity index (χ0) is 12.7. The number of unbranched alkanes of at least 4 members (excludes halogenated alkanes) is 2. The highest BCUT2D eigenvalue weighted by Gasteiger charge is 2.24. The van der Waals surface area contributed by atoms with Gasteiger partial charge in [-0.2, -0.15) is 0 Å². The van der Waals surface area contributed by atoms with Crippen molar-refractivity contribution in [1.82, 2.24) is 10.2 Å². The van der Waals surface area contributed by atoms with Crippen LogP contribution in [0.5, 0.6) is 0 Å². The molecule has 1 rings (SSSR count). The lowest BCUT2D eigenvalue weighted by Gasteiger charge is -2.30. The molecule has 1 amide bonds. The van der Waals surface area contributed by atoms with Crippen LogP contribution in [0.2, 0.25) is 0 Å². The zero-order valence-electron chi connectivity index (χ0n) is 11.0. The summed E-state index contributed by atoms with van der Waals surface area (Å²) in [7, 11) is 0. The van der Waals surface area contributed by atoms with E-state index in [1.807, 2.05) is 6.92 Å². The molecule has 98 valence electrons. The Morgan fingerprint density at radius 1 is 1.35 bits per heavy atom. The number of likely N-dealkylation sites (tertiary alicyclic amines) is 1. The summed E-state index contributed by atoms with van der Waals surface area (Å²) in [5.74, 6) is 0.409. The standard InChI is InChI=1S/C13H24N2O2/c1-3-4-5-8-14-13(17)11(2)15-9-6-12(16)7-10-15/h11H,3-10H2,1-2H3,(H,14,17). The number of nitrogens with one attached hydrogen (secondary N) is 1. The van der Waals surface area contributed by atoms with Gasteiger partial charge in [-0.15, -0.1) is 0 Å². The number of hydrogen-bond donors (Lipinski definition) is 1. The Kier molecular flexibility index (Phi) is 6.19. The Bertz CT molecular complexity index is 256. The molecular weight excluding hydrogens is 216 g/mol. The van der Waals surface area contributed by atoms with E-state index < -0.39 is 0 Å². The molecule has 4 nitrogen and oxygen atoms in total. The van der Waals surface area contributed by atoms with Crippen molar-refractivity contribution >= 4 is 11.7 Å². The molecule has 0 aliphatic carbocycles. The van der Waals surface area contributed by atoms with Gasteiger partial charge in [0.2, 0.25) is 5.91 Å². The third kappa shape index (κ3) is 4.86. The maximum absolute atomic E-state index is 11.8. The Morgan fingerprint density at radius 3 is 2.59 bits per heavy atom. The predicted octanol–water partition coefficient (Wildman–Crippen LogP) is 1.35. The summed E-state index contributed by atoms with van der Waals surface area (Å²) < 4.78 is 0. The van der Waals surface area contributed by atoms with Gasteiger partial charge >= 0.3 is 0 Å². The van der Waals surface area contributed by atoms with Crippen LogP contribution in [-0.4, -0.2) is 42.3 Å². The molecule has 1 aliphatic heterocycles. The number of carbonyl (C=O) groups excluding carboxylic acids is 2. The normalized spacial score (nSPS) is 19.1. The van der Waals surface area contributed by atoms with Gasteiger partial charge in [0.05, 0.1) is 6.04 Å². The molecular formula is C13H24N2O2. The fourth-order valence-electron chi connectivity index (χ4n) is 2.06. The smallest absolute Gasteiger partial charge is 0.237 e. The molecule has 0 saturated carbocycles. The molecule has 0 bridgehead atoms. The molecule has 1 atom stereocenters. The molecule has 1 heterocycles. The third-order valence-corrected chi connectivity index (χ3v) is 3.36. The first-order valence-corrected chi connectivity index (χ1v) is 6.68. The predicted molar refractivity (Wildman–Crippen MR) is 67.8 cm³/mol. The number of nitrogens with zero attached hydrogens (tertiary/aromatic N) is 1. The number of piperidine rings is 1. The van der Waals surface area contributed by atoms with E-state index in [4.69, 9.17) is 0 Å². The second-order valence-electron chi connectivity index (χ2n) is 4.75. The van der Waals surface area contributed by atoms with Gasteiger partial charge in [-0.1, -0.05) is 19.8 Å². The summed E-state index contributed by atoms with van der Waals surface area (Å²) in [4.78, 5) is 25.1. The molecule has 1 unspecified atom stereocenters. The number of rotatable bonds is 6. The lowest BCUT2D eigenvalue weighted by Crippen LogP contribution is -2.48. The monoisotopic (exact) mass is 240 g/mol. The van der Waals surface area contributed by atoms with Crippen molar-refractivity contribution in [2.24, 2.45) is 0 Å². The fraction of sp³-hybridized carbons (Fsp3) is 0.846. The number of amides is 1. The summed E-state index contributed by atoms with van der Waals surface area (Å²) >= 11 is 0. The first kappa shape index (κ1) is 14.2. The van der Waals surface area contributed by atoms with Gasteiger partial charge in [-0.25, -0.2) is 0 Å². The van der Waals surface area contributed by atoms with E-state index in [2.05, 4.69) is 17.1 Å². The van der Waals surface area contributed by atoms with E-state index >= 15 is 0 Å². The highest BCUT2D eigenvalue weighted by Crippen LogP contribution is 2.09. The van der Waals surface area contributed by atoms with Gasteiger partial charge < -0.3 is 5.32 Å². The highest BCUT2D eigenvalue weighted by atomic mass is 16.2. The Hall–Kier alpha value is -0.900. The van der Waals surface area contributed by atoms with Crippen molar-refractivity contribution in [3.63, 3.8) is 0 Å². The van der Waals surface area contributed by atoms with Gasteiger partial charge in [-0.3, -0.25) is 14.5 Å². The summed E-state index contributed by atoms with van der Waals surface area (Å²) in [5, 5.41) is 2.96. The van der Waals surface area contributed by atoms with Crippen molar-refractivity contribution in [2.75, 3.05) is 19.6 Å². The molecule has 1 N–H and O–H groups in total. The summed E-state index contributed by atoms with van der Waals surface area (Å²) in [6.45, 7) is 6.29. The lowest BCUT2D eigenvalue weighted by atomic mass is 10.1. The molecule has 0 aromatic heterocycles. The summed E-state index contributed by atoms with van der Waals surface area (Å²) in [5.41, 5.74) is 0. The van der Waals surface area contributed by atoms with Crippen molar-refractivity contribution in [3.8, 4) is 0 Å². The first-order chi connectivity index (χ1) is 8.15. The third-order valence-electron chi connectivity index (χ3n) is 3.36. The Labute approximate surface area is 104 Å². The summed E-state index contributed by atoms with van der Waals surface area (Å²) in [6, 6.07) is -0.107. The molecule has 1 fully saturated rings. The highest BCUT2D eigenvalue weighted by molar-refractivity contribution is 5.82. The van der Waals surface area contributed by atoms with Gasteiger partial charge in [0.15, 0.2) is 0 Å². The van der Waals surface area contributed by atoms with E-state index in [9.17, 15) is 9.59 Å². The number of ketones is 1. The lowest BCUT2D eigenvalue weighted by molar-refractivity contribution is -0.129. The van der Waals surface area contributed by atoms with Gasteiger partial charge in [0, 0.05) is 32.5 Å². The van der Waals surface area contributed by atoms with Gasteiger partial charge in [-0.05, 0) is 13.3 Å². The topological polar surface area (TPSA) is 49.4 Å². The van der Waals surface area contributed by atoms with Gasteiger partial charge in [0.25, 0.3) is 0 Å². The van der Waals surface area contributed by atoms with Crippen LogP contribution in [0.25, 0.3) is 0 Å². The molecule has 17 heavy (non-hydrogen) atoms. The van der Waals surface area contributed by atoms with Crippen molar-refractivity contribution < 1.29 is 9.59 Å². The quantitative estimate of drug-likeness (QED) is 0.713. The minimum Gasteiger partial charge on any atom is -0.355 e. The average molecular weight is 240 g/mol. The average Bonchev–Trinajstić information content (AvgIpc) is 2.34. The van der Waals surface area contributed by atoms with Gasteiger partial charge in [0.1, 0.15) is 5.78 Å². The van der Waals surface area contributed by atoms with Crippen LogP contribution < -0.4 is 5.32 Å².